The van der Waals surface area contributed by atoms with E-state index in [9.17, 15) is 18.0 Å². The van der Waals surface area contributed by atoms with Gasteiger partial charge >= 0.3 is 0 Å². The van der Waals surface area contributed by atoms with Crippen LogP contribution >= 0.6 is 0 Å². The van der Waals surface area contributed by atoms with Crippen molar-refractivity contribution in [3.8, 4) is 11.5 Å². The van der Waals surface area contributed by atoms with Crippen LogP contribution < -0.4 is 15.2 Å². The zero-order valence-electron chi connectivity index (χ0n) is 15.2. The van der Waals surface area contributed by atoms with Crippen molar-refractivity contribution in [3.63, 3.8) is 0 Å². The van der Waals surface area contributed by atoms with Gasteiger partial charge in [-0.1, -0.05) is 12.1 Å². The summed E-state index contributed by atoms with van der Waals surface area (Å²) < 4.78 is 33.6. The molecule has 0 radical (unpaired) electrons. The van der Waals surface area contributed by atoms with Crippen molar-refractivity contribution in [1.82, 2.24) is 4.90 Å². The molecule has 0 saturated carbocycles. The highest BCUT2D eigenvalue weighted by Gasteiger charge is 2.41. The van der Waals surface area contributed by atoms with Crippen molar-refractivity contribution < 1.29 is 27.5 Å². The first kappa shape index (κ1) is 19.4. The van der Waals surface area contributed by atoms with Crippen molar-refractivity contribution in [1.29, 1.82) is 0 Å². The summed E-state index contributed by atoms with van der Waals surface area (Å²) in [6, 6.07) is 8.10. The van der Waals surface area contributed by atoms with E-state index in [-0.39, 0.29) is 16.8 Å². The zero-order chi connectivity index (χ0) is 20.4. The third-order valence-electron chi connectivity index (χ3n) is 4.33. The summed E-state index contributed by atoms with van der Waals surface area (Å²) in [4.78, 5) is 26.7. The Balaban J connectivity index is 2.14. The summed E-state index contributed by atoms with van der Waals surface area (Å²) >= 11 is 0. The second kappa shape index (κ2) is 7.73. The number of carbonyl (C=O) groups is 2. The first-order valence-electron chi connectivity index (χ1n) is 8.39. The topological polar surface area (TPSA) is 116 Å². The van der Waals surface area contributed by atoms with E-state index in [1.54, 1.807) is 31.2 Å². The van der Waals surface area contributed by atoms with E-state index in [1.165, 1.54) is 19.2 Å². The molecule has 0 fully saturated rings. The molecule has 0 bridgehead atoms. The molecule has 1 heterocycles. The second-order valence-electron chi connectivity index (χ2n) is 5.93. The molecule has 2 aromatic rings. The van der Waals surface area contributed by atoms with E-state index in [0.717, 1.165) is 10.3 Å². The average molecular weight is 402 g/mol. The lowest BCUT2D eigenvalue weighted by Gasteiger charge is -2.23. The minimum Gasteiger partial charge on any atom is -0.493 e. The van der Waals surface area contributed by atoms with Gasteiger partial charge in [0.25, 0.3) is 11.8 Å². The molecule has 2 N–H and O–H groups in total. The van der Waals surface area contributed by atoms with Crippen molar-refractivity contribution in [2.24, 2.45) is 0 Å². The number of benzene rings is 2. The lowest BCUT2D eigenvalue weighted by atomic mass is 10.1. The summed E-state index contributed by atoms with van der Waals surface area (Å²) in [6.45, 7) is 2.14. The summed E-state index contributed by atoms with van der Waals surface area (Å²) in [5, 5.41) is 0.884. The third kappa shape index (κ3) is 3.31. The van der Waals surface area contributed by atoms with E-state index in [2.05, 4.69) is 0 Å². The Morgan fingerprint density at radius 3 is 2.50 bits per heavy atom. The van der Waals surface area contributed by atoms with Crippen LogP contribution in [0.4, 0.5) is 5.69 Å². The van der Waals surface area contributed by atoms with Crippen LogP contribution in [0, 0.1) is 0 Å². The van der Waals surface area contributed by atoms with Crippen molar-refractivity contribution in [2.45, 2.75) is 13.0 Å². The maximum atomic E-state index is 12.9. The number of methoxy groups -OCH3 is 1. The van der Waals surface area contributed by atoms with Gasteiger partial charge in [-0.15, -0.1) is 0 Å². The van der Waals surface area contributed by atoms with E-state index < -0.39 is 28.1 Å². The Labute approximate surface area is 163 Å². The molecule has 2 amide bonds. The number of hydrogen-bond acceptors (Lipinski definition) is 7. The van der Waals surface area contributed by atoms with E-state index in [1.807, 2.05) is 0 Å². The van der Waals surface area contributed by atoms with Crippen LogP contribution in [-0.4, -0.2) is 44.2 Å². The lowest BCUT2D eigenvalue weighted by Crippen LogP contribution is -2.35. The number of amides is 2. The van der Waals surface area contributed by atoms with Gasteiger partial charge in [0.1, 0.15) is 0 Å². The first-order valence-corrected chi connectivity index (χ1v) is 9.53. The average Bonchev–Trinajstić information content (AvgIpc) is 2.91. The highest BCUT2D eigenvalue weighted by Crippen LogP contribution is 2.36. The molecular weight excluding hydrogens is 384 g/mol. The van der Waals surface area contributed by atoms with Crippen molar-refractivity contribution in [3.05, 3.63) is 53.1 Å². The largest absolute Gasteiger partial charge is 0.493 e. The van der Waals surface area contributed by atoms with Crippen molar-refractivity contribution >= 4 is 33.2 Å². The molecule has 28 heavy (non-hydrogen) atoms. The van der Waals surface area contributed by atoms with Crippen LogP contribution in [0.3, 0.4) is 0 Å². The van der Waals surface area contributed by atoms with Gasteiger partial charge in [-0.05, 0) is 36.8 Å². The fourth-order valence-corrected chi connectivity index (χ4v) is 3.61. The molecule has 0 aliphatic carbocycles. The van der Waals surface area contributed by atoms with Crippen molar-refractivity contribution in [2.75, 3.05) is 19.5 Å². The maximum absolute atomic E-state index is 12.9. The minimum absolute atomic E-state index is 0.0705. The summed E-state index contributed by atoms with van der Waals surface area (Å²) in [5.41, 5.74) is 6.60. The van der Waals surface area contributed by atoms with Gasteiger partial charge in [-0.2, -0.15) is 8.42 Å². The molecule has 0 aromatic heterocycles. The quantitative estimate of drug-likeness (QED) is 0.444. The van der Waals surface area contributed by atoms with Gasteiger partial charge in [-0.25, -0.2) is 0 Å². The standard InChI is InChI=1S/C19H18N2O6S/c1-3-27-16-9-11(7-8-15(16)26-2)14(10-28(24)25)21-18(22)12-5-4-6-13(20)17(12)19(21)23/h4-10,14H,3,20H2,1-2H3. The van der Waals surface area contributed by atoms with Gasteiger partial charge in [0.15, 0.2) is 11.5 Å². The molecule has 1 aliphatic heterocycles. The predicted octanol–water partition coefficient (Wildman–Crippen LogP) is 1.69. The van der Waals surface area contributed by atoms with Crippen LogP contribution in [-0.2, 0) is 10.3 Å². The Bertz CT molecular complexity index is 1090. The van der Waals surface area contributed by atoms with E-state index in [0.29, 0.717) is 23.7 Å². The number of ether oxygens (including phenoxy) is 2. The Morgan fingerprint density at radius 2 is 1.89 bits per heavy atom. The van der Waals surface area contributed by atoms with Crippen LogP contribution in [0.15, 0.2) is 36.4 Å². The Hall–Kier alpha value is -3.33. The number of nitrogens with zero attached hydrogens (tertiary/aromatic N) is 1. The lowest BCUT2D eigenvalue weighted by molar-refractivity contribution is 0.0628. The van der Waals surface area contributed by atoms with Gasteiger partial charge < -0.3 is 15.2 Å². The molecule has 1 unspecified atom stereocenters. The minimum atomic E-state index is -2.63. The highest BCUT2D eigenvalue weighted by molar-refractivity contribution is 7.71. The smallest absolute Gasteiger partial charge is 0.264 e. The number of nitrogens with two attached hydrogens (primary N) is 1. The van der Waals surface area contributed by atoms with Crippen LogP contribution in [0.1, 0.15) is 39.2 Å². The van der Waals surface area contributed by atoms with Gasteiger partial charge in [-0.3, -0.25) is 14.5 Å². The van der Waals surface area contributed by atoms with E-state index >= 15 is 0 Å². The molecule has 1 aliphatic rings. The number of hydrogen-bond donors (Lipinski definition) is 1. The molecule has 146 valence electrons. The monoisotopic (exact) mass is 402 g/mol. The van der Waals surface area contributed by atoms with E-state index in [4.69, 9.17) is 15.2 Å². The molecular formula is C19H18N2O6S. The molecule has 1 atom stereocenters. The number of carbonyl (C=O) groups excluding carboxylic acids is 2. The fourth-order valence-electron chi connectivity index (χ4n) is 3.12. The number of fused-ring (bicyclic) bond motifs is 1. The normalized spacial score (nSPS) is 13.9. The van der Waals surface area contributed by atoms with Gasteiger partial charge in [0, 0.05) is 5.69 Å². The fraction of sp³-hybridized carbons (Fsp3) is 0.211. The van der Waals surface area contributed by atoms with Gasteiger partial charge in [0.2, 0.25) is 10.3 Å². The second-order valence-corrected chi connectivity index (χ2v) is 6.73. The number of nitrogen functional groups attached to an aromatic ring is 1. The highest BCUT2D eigenvalue weighted by atomic mass is 32.2. The molecule has 0 spiro atoms. The summed E-state index contributed by atoms with van der Waals surface area (Å²) in [7, 11) is -1.16. The predicted molar refractivity (Wildman–Crippen MR) is 103 cm³/mol. The molecule has 8 nitrogen and oxygen atoms in total. The SMILES string of the molecule is CCOc1cc(C(C=S(=O)=O)N2C(=O)c3cccc(N)c3C2=O)ccc1OC. The Kier molecular flexibility index (Phi) is 5.36. The molecule has 9 heteroatoms. The Morgan fingerprint density at radius 1 is 1.14 bits per heavy atom. The maximum Gasteiger partial charge on any atom is 0.264 e. The van der Waals surface area contributed by atoms with Crippen LogP contribution in [0.5, 0.6) is 11.5 Å². The summed E-state index contributed by atoms with van der Waals surface area (Å²) in [5.74, 6) is -0.459. The third-order valence-corrected chi connectivity index (χ3v) is 4.81. The molecule has 0 saturated heterocycles. The van der Waals surface area contributed by atoms with Gasteiger partial charge in [0.05, 0.1) is 36.3 Å². The van der Waals surface area contributed by atoms with Crippen LogP contribution in [0.25, 0.3) is 0 Å². The molecule has 2 aromatic carbocycles. The zero-order valence-corrected chi connectivity index (χ0v) is 16.0. The number of imide groups is 1. The van der Waals surface area contributed by atoms with Crippen LogP contribution in [0.2, 0.25) is 0 Å². The first-order chi connectivity index (χ1) is 13.4. The number of anilines is 1. The molecule has 3 rings (SSSR count). The summed E-state index contributed by atoms with van der Waals surface area (Å²) in [6.07, 6.45) is 0. The number of rotatable bonds is 6.